The number of amides is 1. The van der Waals surface area contributed by atoms with Crippen molar-refractivity contribution in [3.8, 4) is 0 Å². The summed E-state index contributed by atoms with van der Waals surface area (Å²) in [5.41, 5.74) is 1.13. The van der Waals surface area contributed by atoms with E-state index >= 15 is 0 Å². The van der Waals surface area contributed by atoms with E-state index < -0.39 is 0 Å². The monoisotopic (exact) mass is 221 g/mol. The molecule has 1 aromatic carbocycles. The standard InChI is InChI=1S/C9H11NO.C5H12/c1-8(11)10-7-9-5-3-2-4-6-9;1-3-5-4-2/h2-6H,7H2,1H3,(H,10,11);3-5H2,1-2H3. The number of carbonyl (C=O) groups excluding carboxylic acids is 1. The molecule has 0 aliphatic carbocycles. The molecule has 0 radical (unpaired) electrons. The Morgan fingerprint density at radius 3 is 2.06 bits per heavy atom. The van der Waals surface area contributed by atoms with Gasteiger partial charge in [-0.15, -0.1) is 0 Å². The number of rotatable bonds is 4. The van der Waals surface area contributed by atoms with E-state index in [0.717, 1.165) is 5.56 Å². The second kappa shape index (κ2) is 10.2. The molecular weight excluding hydrogens is 198 g/mol. The Hall–Kier alpha value is -1.31. The molecule has 0 saturated carbocycles. The summed E-state index contributed by atoms with van der Waals surface area (Å²) in [6.07, 6.45) is 4.08. The number of unbranched alkanes of at least 4 members (excludes halogenated alkanes) is 2. The number of hydrogen-bond donors (Lipinski definition) is 1. The quantitative estimate of drug-likeness (QED) is 0.828. The average molecular weight is 221 g/mol. The van der Waals surface area contributed by atoms with Gasteiger partial charge >= 0.3 is 0 Å². The van der Waals surface area contributed by atoms with Crippen LogP contribution in [0.2, 0.25) is 0 Å². The zero-order chi connectivity index (χ0) is 12.2. The summed E-state index contributed by atoms with van der Waals surface area (Å²) < 4.78 is 0. The maximum Gasteiger partial charge on any atom is 0.217 e. The van der Waals surface area contributed by atoms with Crippen molar-refractivity contribution >= 4 is 5.91 Å². The van der Waals surface area contributed by atoms with Gasteiger partial charge < -0.3 is 5.32 Å². The molecule has 0 unspecified atom stereocenters. The van der Waals surface area contributed by atoms with Crippen molar-refractivity contribution in [2.45, 2.75) is 46.6 Å². The molecule has 0 spiro atoms. The van der Waals surface area contributed by atoms with Crippen LogP contribution in [0.5, 0.6) is 0 Å². The van der Waals surface area contributed by atoms with Gasteiger partial charge in [0.2, 0.25) is 5.91 Å². The first-order chi connectivity index (χ1) is 7.70. The highest BCUT2D eigenvalue weighted by Crippen LogP contribution is 1.96. The van der Waals surface area contributed by atoms with E-state index in [9.17, 15) is 4.79 Å². The van der Waals surface area contributed by atoms with Crippen molar-refractivity contribution < 1.29 is 4.79 Å². The Bertz CT molecular complexity index is 267. The predicted octanol–water partition coefficient (Wildman–Crippen LogP) is 3.52. The summed E-state index contributed by atoms with van der Waals surface area (Å²) in [6.45, 7) is 6.56. The van der Waals surface area contributed by atoms with E-state index in [4.69, 9.17) is 0 Å². The second-order valence-electron chi connectivity index (χ2n) is 3.75. The lowest BCUT2D eigenvalue weighted by molar-refractivity contribution is -0.119. The van der Waals surface area contributed by atoms with E-state index in [1.165, 1.54) is 26.2 Å². The molecule has 0 aliphatic rings. The van der Waals surface area contributed by atoms with Crippen molar-refractivity contribution in [1.29, 1.82) is 0 Å². The fourth-order valence-corrected chi connectivity index (χ4v) is 1.18. The third-order valence-corrected chi connectivity index (χ3v) is 2.09. The van der Waals surface area contributed by atoms with Gasteiger partial charge in [0.25, 0.3) is 0 Å². The average Bonchev–Trinajstić information content (AvgIpc) is 2.30. The second-order valence-corrected chi connectivity index (χ2v) is 3.75. The minimum Gasteiger partial charge on any atom is -0.352 e. The summed E-state index contributed by atoms with van der Waals surface area (Å²) in [6, 6.07) is 9.83. The Labute approximate surface area is 99.1 Å². The fourth-order valence-electron chi connectivity index (χ4n) is 1.18. The van der Waals surface area contributed by atoms with Crippen LogP contribution in [-0.2, 0) is 11.3 Å². The number of benzene rings is 1. The Morgan fingerprint density at radius 2 is 1.69 bits per heavy atom. The fraction of sp³-hybridized carbons (Fsp3) is 0.500. The third-order valence-electron chi connectivity index (χ3n) is 2.09. The topological polar surface area (TPSA) is 29.1 Å². The first-order valence-electron chi connectivity index (χ1n) is 5.99. The van der Waals surface area contributed by atoms with Gasteiger partial charge in [-0.05, 0) is 5.56 Å². The molecule has 2 heteroatoms. The van der Waals surface area contributed by atoms with Crippen LogP contribution in [-0.4, -0.2) is 5.91 Å². The lowest BCUT2D eigenvalue weighted by Gasteiger charge is -2.00. The van der Waals surface area contributed by atoms with Gasteiger partial charge in [0, 0.05) is 13.5 Å². The van der Waals surface area contributed by atoms with E-state index in [-0.39, 0.29) is 5.91 Å². The van der Waals surface area contributed by atoms with Crippen LogP contribution in [0, 0.1) is 0 Å². The van der Waals surface area contributed by atoms with E-state index in [0.29, 0.717) is 6.54 Å². The molecule has 0 atom stereocenters. The zero-order valence-corrected chi connectivity index (χ0v) is 10.6. The molecule has 0 bridgehead atoms. The van der Waals surface area contributed by atoms with Crippen LogP contribution >= 0.6 is 0 Å². The summed E-state index contributed by atoms with van der Waals surface area (Å²) in [4.78, 5) is 10.5. The maximum atomic E-state index is 10.5. The molecule has 1 rings (SSSR count). The summed E-state index contributed by atoms with van der Waals surface area (Å²) in [5, 5.41) is 2.72. The molecule has 0 heterocycles. The third kappa shape index (κ3) is 9.25. The highest BCUT2D eigenvalue weighted by atomic mass is 16.1. The molecule has 0 saturated heterocycles. The normalized spacial score (nSPS) is 8.94. The van der Waals surface area contributed by atoms with Gasteiger partial charge in [-0.1, -0.05) is 63.4 Å². The summed E-state index contributed by atoms with van der Waals surface area (Å²) >= 11 is 0. The molecule has 0 aromatic heterocycles. The minimum atomic E-state index is 0.00820. The lowest BCUT2D eigenvalue weighted by atomic mass is 10.2. The van der Waals surface area contributed by atoms with E-state index in [2.05, 4.69) is 19.2 Å². The number of hydrogen-bond acceptors (Lipinski definition) is 1. The molecule has 1 amide bonds. The molecular formula is C14H23NO. The molecule has 16 heavy (non-hydrogen) atoms. The Balaban J connectivity index is 0.000000385. The maximum absolute atomic E-state index is 10.5. The van der Waals surface area contributed by atoms with Crippen molar-refractivity contribution in [2.75, 3.05) is 0 Å². The molecule has 0 aliphatic heterocycles. The molecule has 1 N–H and O–H groups in total. The summed E-state index contributed by atoms with van der Waals surface area (Å²) in [5.74, 6) is 0.00820. The van der Waals surface area contributed by atoms with Crippen LogP contribution in [0.25, 0.3) is 0 Å². The first-order valence-corrected chi connectivity index (χ1v) is 5.99. The highest BCUT2D eigenvalue weighted by Gasteiger charge is 1.91. The van der Waals surface area contributed by atoms with Gasteiger partial charge in [-0.2, -0.15) is 0 Å². The van der Waals surface area contributed by atoms with Gasteiger partial charge in [0.1, 0.15) is 0 Å². The highest BCUT2D eigenvalue weighted by molar-refractivity contribution is 5.72. The Kier molecular flexibility index (Phi) is 9.38. The van der Waals surface area contributed by atoms with Crippen LogP contribution < -0.4 is 5.32 Å². The van der Waals surface area contributed by atoms with Crippen LogP contribution in [0.15, 0.2) is 30.3 Å². The van der Waals surface area contributed by atoms with Gasteiger partial charge in [-0.3, -0.25) is 4.79 Å². The molecule has 1 aromatic rings. The number of nitrogens with one attached hydrogen (secondary N) is 1. The molecule has 2 nitrogen and oxygen atoms in total. The predicted molar refractivity (Wildman–Crippen MR) is 69.2 cm³/mol. The van der Waals surface area contributed by atoms with Crippen LogP contribution in [0.3, 0.4) is 0 Å². The van der Waals surface area contributed by atoms with Crippen molar-refractivity contribution in [3.63, 3.8) is 0 Å². The van der Waals surface area contributed by atoms with E-state index in [1.54, 1.807) is 0 Å². The van der Waals surface area contributed by atoms with Crippen LogP contribution in [0.4, 0.5) is 0 Å². The van der Waals surface area contributed by atoms with Gasteiger partial charge in [-0.25, -0.2) is 0 Å². The van der Waals surface area contributed by atoms with Gasteiger partial charge in [0.05, 0.1) is 0 Å². The molecule has 0 fully saturated rings. The van der Waals surface area contributed by atoms with E-state index in [1.807, 2.05) is 30.3 Å². The van der Waals surface area contributed by atoms with Crippen molar-refractivity contribution in [3.05, 3.63) is 35.9 Å². The lowest BCUT2D eigenvalue weighted by Crippen LogP contribution is -2.18. The molecule has 90 valence electrons. The van der Waals surface area contributed by atoms with Crippen molar-refractivity contribution in [1.82, 2.24) is 5.32 Å². The van der Waals surface area contributed by atoms with Gasteiger partial charge in [0.15, 0.2) is 0 Å². The van der Waals surface area contributed by atoms with Crippen LogP contribution in [0.1, 0.15) is 45.6 Å². The minimum absolute atomic E-state index is 0.00820. The van der Waals surface area contributed by atoms with Crippen molar-refractivity contribution in [2.24, 2.45) is 0 Å². The SMILES string of the molecule is CC(=O)NCc1ccccc1.CCCCC. The summed E-state index contributed by atoms with van der Waals surface area (Å²) in [7, 11) is 0. The smallest absolute Gasteiger partial charge is 0.217 e. The largest absolute Gasteiger partial charge is 0.352 e. The first kappa shape index (κ1) is 14.7. The zero-order valence-electron chi connectivity index (χ0n) is 10.6. The number of carbonyl (C=O) groups is 1. The Morgan fingerprint density at radius 1 is 1.12 bits per heavy atom.